The van der Waals surface area contributed by atoms with E-state index < -0.39 is 17.9 Å². The predicted molar refractivity (Wildman–Crippen MR) is 72.2 cm³/mol. The number of hydrogen-bond donors (Lipinski definition) is 3. The van der Waals surface area contributed by atoms with Gasteiger partial charge in [-0.25, -0.2) is 4.79 Å². The summed E-state index contributed by atoms with van der Waals surface area (Å²) in [5.41, 5.74) is 1.39. The van der Waals surface area contributed by atoms with Gasteiger partial charge in [-0.05, 0) is 31.4 Å². The fourth-order valence-corrected chi connectivity index (χ4v) is 1.54. The average Bonchev–Trinajstić information content (AvgIpc) is 2.34. The number of amides is 3. The van der Waals surface area contributed by atoms with Crippen molar-refractivity contribution in [2.45, 2.75) is 32.6 Å². The number of aliphatic carboxylic acids is 1. The molecule has 0 bridgehead atoms. The SMILES string of the molecule is Cc1cncc(NC(=O)NC(=O)CCCCC(=O)O)c1. The monoisotopic (exact) mass is 279 g/mol. The summed E-state index contributed by atoms with van der Waals surface area (Å²) < 4.78 is 0. The van der Waals surface area contributed by atoms with E-state index in [1.54, 1.807) is 12.3 Å². The Hall–Kier alpha value is -2.44. The summed E-state index contributed by atoms with van der Waals surface area (Å²) in [5.74, 6) is -1.33. The van der Waals surface area contributed by atoms with Crippen LogP contribution in [0.2, 0.25) is 0 Å². The van der Waals surface area contributed by atoms with Crippen LogP contribution in [-0.2, 0) is 9.59 Å². The van der Waals surface area contributed by atoms with Crippen molar-refractivity contribution in [2.24, 2.45) is 0 Å². The lowest BCUT2D eigenvalue weighted by molar-refractivity contribution is -0.137. The zero-order valence-electron chi connectivity index (χ0n) is 11.2. The Bertz CT molecular complexity index is 502. The fourth-order valence-electron chi connectivity index (χ4n) is 1.54. The molecule has 7 nitrogen and oxygen atoms in total. The van der Waals surface area contributed by atoms with Crippen molar-refractivity contribution in [3.05, 3.63) is 24.0 Å². The van der Waals surface area contributed by atoms with Gasteiger partial charge in [-0.2, -0.15) is 0 Å². The average molecular weight is 279 g/mol. The largest absolute Gasteiger partial charge is 0.481 e. The number of pyridine rings is 1. The number of carbonyl (C=O) groups is 3. The zero-order valence-corrected chi connectivity index (χ0v) is 11.2. The molecule has 0 aliphatic carbocycles. The molecule has 0 atom stereocenters. The van der Waals surface area contributed by atoms with Crippen molar-refractivity contribution in [1.29, 1.82) is 0 Å². The smallest absolute Gasteiger partial charge is 0.325 e. The van der Waals surface area contributed by atoms with Crippen LogP contribution in [-0.4, -0.2) is 28.0 Å². The van der Waals surface area contributed by atoms with Crippen LogP contribution in [0.15, 0.2) is 18.5 Å². The summed E-state index contributed by atoms with van der Waals surface area (Å²) in [7, 11) is 0. The number of unbranched alkanes of at least 4 members (excludes halogenated alkanes) is 1. The van der Waals surface area contributed by atoms with Gasteiger partial charge in [0.1, 0.15) is 0 Å². The molecule has 20 heavy (non-hydrogen) atoms. The van der Waals surface area contributed by atoms with E-state index in [4.69, 9.17) is 5.11 Å². The third-order valence-electron chi connectivity index (χ3n) is 2.43. The number of carboxylic acids is 1. The normalized spacial score (nSPS) is 9.85. The van der Waals surface area contributed by atoms with Gasteiger partial charge < -0.3 is 10.4 Å². The first-order chi connectivity index (χ1) is 9.47. The number of carboxylic acid groups (broad SMARTS) is 1. The molecule has 0 aliphatic rings. The summed E-state index contributed by atoms with van der Waals surface area (Å²) in [4.78, 5) is 37.1. The van der Waals surface area contributed by atoms with Crippen LogP contribution in [0.5, 0.6) is 0 Å². The van der Waals surface area contributed by atoms with E-state index in [-0.39, 0.29) is 12.8 Å². The van der Waals surface area contributed by atoms with E-state index in [1.807, 2.05) is 6.92 Å². The molecule has 108 valence electrons. The highest BCUT2D eigenvalue weighted by Crippen LogP contribution is 2.06. The third-order valence-corrected chi connectivity index (χ3v) is 2.43. The van der Waals surface area contributed by atoms with Gasteiger partial charge in [0.2, 0.25) is 5.91 Å². The van der Waals surface area contributed by atoms with E-state index in [2.05, 4.69) is 15.6 Å². The summed E-state index contributed by atoms with van der Waals surface area (Å²) >= 11 is 0. The third kappa shape index (κ3) is 6.48. The zero-order chi connectivity index (χ0) is 15.0. The van der Waals surface area contributed by atoms with Crippen molar-refractivity contribution in [1.82, 2.24) is 10.3 Å². The number of rotatable bonds is 6. The molecule has 1 heterocycles. The van der Waals surface area contributed by atoms with Crippen molar-refractivity contribution < 1.29 is 19.5 Å². The molecule has 0 radical (unpaired) electrons. The fraction of sp³-hybridized carbons (Fsp3) is 0.385. The molecule has 1 rings (SSSR count). The lowest BCUT2D eigenvalue weighted by Crippen LogP contribution is -2.34. The first kappa shape index (κ1) is 15.6. The quantitative estimate of drug-likeness (QED) is 0.686. The molecule has 1 aromatic heterocycles. The number of carbonyl (C=O) groups excluding carboxylic acids is 2. The molecule has 0 fully saturated rings. The first-order valence-corrected chi connectivity index (χ1v) is 6.21. The van der Waals surface area contributed by atoms with Crippen LogP contribution in [0.4, 0.5) is 10.5 Å². The van der Waals surface area contributed by atoms with Gasteiger partial charge in [-0.1, -0.05) is 0 Å². The molecule has 0 saturated carbocycles. The Kier molecular flexibility index (Phi) is 6.15. The predicted octanol–water partition coefficient (Wildman–Crippen LogP) is 1.68. The van der Waals surface area contributed by atoms with Crippen LogP contribution >= 0.6 is 0 Å². The van der Waals surface area contributed by atoms with Crippen molar-refractivity contribution in [3.8, 4) is 0 Å². The summed E-state index contributed by atoms with van der Waals surface area (Å²) in [6.07, 6.45) is 4.10. The van der Waals surface area contributed by atoms with Crippen LogP contribution < -0.4 is 10.6 Å². The summed E-state index contributed by atoms with van der Waals surface area (Å²) in [6.45, 7) is 1.84. The van der Waals surface area contributed by atoms with Gasteiger partial charge in [-0.3, -0.25) is 19.9 Å². The molecule has 0 aromatic carbocycles. The Labute approximate surface area is 116 Å². The number of aryl methyl sites for hydroxylation is 1. The van der Waals surface area contributed by atoms with Crippen LogP contribution in [0.1, 0.15) is 31.2 Å². The van der Waals surface area contributed by atoms with Gasteiger partial charge in [0.15, 0.2) is 0 Å². The van der Waals surface area contributed by atoms with E-state index in [9.17, 15) is 14.4 Å². The summed E-state index contributed by atoms with van der Waals surface area (Å²) in [5, 5.41) is 13.1. The second kappa shape index (κ2) is 7.88. The Morgan fingerprint density at radius 3 is 2.55 bits per heavy atom. The molecule has 0 spiro atoms. The van der Waals surface area contributed by atoms with Crippen LogP contribution in [0.25, 0.3) is 0 Å². The number of nitrogens with one attached hydrogen (secondary N) is 2. The number of hydrogen-bond acceptors (Lipinski definition) is 4. The number of aromatic nitrogens is 1. The minimum atomic E-state index is -0.893. The maximum atomic E-state index is 11.5. The highest BCUT2D eigenvalue weighted by atomic mass is 16.4. The van der Waals surface area contributed by atoms with E-state index in [0.717, 1.165) is 5.56 Å². The molecule has 7 heteroatoms. The Balaban J connectivity index is 2.28. The molecule has 0 aliphatic heterocycles. The highest BCUT2D eigenvalue weighted by Gasteiger charge is 2.08. The lowest BCUT2D eigenvalue weighted by Gasteiger charge is -2.06. The molecule has 3 amide bonds. The molecule has 1 aromatic rings. The second-order valence-corrected chi connectivity index (χ2v) is 4.35. The van der Waals surface area contributed by atoms with Gasteiger partial charge in [0.25, 0.3) is 0 Å². The van der Waals surface area contributed by atoms with Gasteiger partial charge in [-0.15, -0.1) is 0 Å². The number of urea groups is 1. The minimum absolute atomic E-state index is 0.0223. The van der Waals surface area contributed by atoms with Gasteiger partial charge in [0.05, 0.1) is 11.9 Å². The van der Waals surface area contributed by atoms with E-state index in [0.29, 0.717) is 18.5 Å². The van der Waals surface area contributed by atoms with Crippen LogP contribution in [0.3, 0.4) is 0 Å². The van der Waals surface area contributed by atoms with Crippen molar-refractivity contribution in [2.75, 3.05) is 5.32 Å². The van der Waals surface area contributed by atoms with Gasteiger partial charge >= 0.3 is 12.0 Å². The minimum Gasteiger partial charge on any atom is -0.481 e. The molecule has 0 saturated heterocycles. The molecular formula is C13H17N3O4. The Morgan fingerprint density at radius 2 is 1.90 bits per heavy atom. The summed E-state index contributed by atoms with van der Waals surface area (Å²) in [6, 6.07) is 1.10. The maximum absolute atomic E-state index is 11.5. The number of nitrogens with zero attached hydrogens (tertiary/aromatic N) is 1. The van der Waals surface area contributed by atoms with Crippen molar-refractivity contribution in [3.63, 3.8) is 0 Å². The van der Waals surface area contributed by atoms with Crippen LogP contribution in [0, 0.1) is 6.92 Å². The van der Waals surface area contributed by atoms with E-state index in [1.165, 1.54) is 6.20 Å². The first-order valence-electron chi connectivity index (χ1n) is 6.21. The molecular weight excluding hydrogens is 262 g/mol. The second-order valence-electron chi connectivity index (χ2n) is 4.35. The number of imide groups is 1. The standard InChI is InChI=1S/C13H17N3O4/c1-9-6-10(8-14-7-9)15-13(20)16-11(17)4-2-3-5-12(18)19/h6-8H,2-5H2,1H3,(H,18,19)(H2,15,16,17,20). The maximum Gasteiger partial charge on any atom is 0.325 e. The Morgan fingerprint density at radius 1 is 1.20 bits per heavy atom. The van der Waals surface area contributed by atoms with Gasteiger partial charge in [0, 0.05) is 19.0 Å². The number of anilines is 1. The van der Waals surface area contributed by atoms with Crippen molar-refractivity contribution >= 4 is 23.6 Å². The van der Waals surface area contributed by atoms with E-state index >= 15 is 0 Å². The molecule has 3 N–H and O–H groups in total. The molecule has 0 unspecified atom stereocenters. The lowest BCUT2D eigenvalue weighted by atomic mass is 10.2. The highest BCUT2D eigenvalue weighted by molar-refractivity contribution is 6.01. The topological polar surface area (TPSA) is 108 Å².